The van der Waals surface area contributed by atoms with E-state index in [2.05, 4.69) is 15.5 Å². The summed E-state index contributed by atoms with van der Waals surface area (Å²) in [4.78, 5) is 11.3. The predicted molar refractivity (Wildman–Crippen MR) is 94.6 cm³/mol. The molecule has 2 aromatic heterocycles. The molecule has 0 atom stereocenters. The quantitative estimate of drug-likeness (QED) is 0.613. The van der Waals surface area contributed by atoms with Crippen LogP contribution in [0.5, 0.6) is 0 Å². The van der Waals surface area contributed by atoms with Crippen molar-refractivity contribution in [3.8, 4) is 17.2 Å². The van der Waals surface area contributed by atoms with Crippen LogP contribution < -0.4 is 5.73 Å². The molecule has 7 nitrogen and oxygen atoms in total. The molecular formula is C17H13ClN6O. The number of tetrazole rings is 1. The van der Waals surface area contributed by atoms with Gasteiger partial charge in [0.05, 0.1) is 10.5 Å². The van der Waals surface area contributed by atoms with E-state index in [9.17, 15) is 4.79 Å². The van der Waals surface area contributed by atoms with Crippen LogP contribution >= 0.6 is 11.6 Å². The van der Waals surface area contributed by atoms with Crippen LogP contribution in [-0.4, -0.2) is 30.7 Å². The van der Waals surface area contributed by atoms with Crippen LogP contribution in [0.1, 0.15) is 10.4 Å². The van der Waals surface area contributed by atoms with Gasteiger partial charge in [-0.05, 0) is 40.8 Å². The number of halogens is 1. The van der Waals surface area contributed by atoms with Crippen molar-refractivity contribution in [3.05, 3.63) is 59.1 Å². The minimum atomic E-state index is -0.473. The van der Waals surface area contributed by atoms with Gasteiger partial charge >= 0.3 is 0 Å². The van der Waals surface area contributed by atoms with Gasteiger partial charge in [0, 0.05) is 23.7 Å². The Hall–Kier alpha value is -3.19. The first kappa shape index (κ1) is 15.3. The Balaban J connectivity index is 2.05. The Labute approximate surface area is 147 Å². The molecule has 1 amide bonds. The molecule has 124 valence electrons. The summed E-state index contributed by atoms with van der Waals surface area (Å²) in [5.74, 6) is 0.0693. The van der Waals surface area contributed by atoms with Gasteiger partial charge in [-0.1, -0.05) is 29.8 Å². The number of benzene rings is 2. The molecular weight excluding hydrogens is 340 g/mol. The lowest BCUT2D eigenvalue weighted by Crippen LogP contribution is -2.10. The molecule has 0 bridgehead atoms. The lowest BCUT2D eigenvalue weighted by atomic mass is 10.2. The molecule has 0 aliphatic carbocycles. The molecule has 25 heavy (non-hydrogen) atoms. The number of rotatable bonds is 3. The van der Waals surface area contributed by atoms with E-state index >= 15 is 0 Å². The second-order valence-electron chi connectivity index (χ2n) is 5.55. The molecule has 4 rings (SSSR count). The number of fused-ring (bicyclic) bond motifs is 1. The lowest BCUT2D eigenvalue weighted by molar-refractivity contribution is 0.100. The van der Waals surface area contributed by atoms with Gasteiger partial charge in [-0.2, -0.15) is 0 Å². The summed E-state index contributed by atoms with van der Waals surface area (Å²) in [6.45, 7) is 0. The second kappa shape index (κ2) is 5.71. The summed E-state index contributed by atoms with van der Waals surface area (Å²) in [6.07, 6.45) is 0. The van der Waals surface area contributed by atoms with Crippen LogP contribution in [0.3, 0.4) is 0 Å². The Morgan fingerprint density at radius 3 is 2.48 bits per heavy atom. The summed E-state index contributed by atoms with van der Waals surface area (Å²) < 4.78 is 3.53. The van der Waals surface area contributed by atoms with E-state index in [1.807, 2.05) is 41.0 Å². The summed E-state index contributed by atoms with van der Waals surface area (Å²) in [6, 6.07) is 14.8. The van der Waals surface area contributed by atoms with E-state index < -0.39 is 5.91 Å². The summed E-state index contributed by atoms with van der Waals surface area (Å²) in [5.41, 5.74) is 8.19. The standard InChI is InChI=1S/C17H13ClN6O/c1-23-17(20-21-22-23)15-14(18)12-4-2-3-5-13(12)24(15)11-8-6-10(7-9-11)16(19)25/h2-9H,1H3,(H2,19,25). The highest BCUT2D eigenvalue weighted by atomic mass is 35.5. The van der Waals surface area contributed by atoms with E-state index in [4.69, 9.17) is 17.3 Å². The number of carbonyl (C=O) groups is 1. The monoisotopic (exact) mass is 352 g/mol. The number of nitrogens with zero attached hydrogens (tertiary/aromatic N) is 5. The number of amides is 1. The summed E-state index contributed by atoms with van der Waals surface area (Å²) in [5, 5.41) is 13.2. The van der Waals surface area contributed by atoms with Crippen LogP contribution in [-0.2, 0) is 7.05 Å². The van der Waals surface area contributed by atoms with E-state index in [-0.39, 0.29) is 0 Å². The zero-order valence-corrected chi connectivity index (χ0v) is 14.0. The first-order valence-corrected chi connectivity index (χ1v) is 7.87. The Morgan fingerprint density at radius 2 is 1.84 bits per heavy atom. The molecule has 0 saturated heterocycles. The third-order valence-corrected chi connectivity index (χ3v) is 4.44. The van der Waals surface area contributed by atoms with E-state index in [1.165, 1.54) is 0 Å². The third-order valence-electron chi connectivity index (χ3n) is 4.05. The number of para-hydroxylation sites is 1. The van der Waals surface area contributed by atoms with E-state index in [0.29, 0.717) is 22.1 Å². The highest BCUT2D eigenvalue weighted by Crippen LogP contribution is 2.38. The van der Waals surface area contributed by atoms with Crippen molar-refractivity contribution in [2.24, 2.45) is 12.8 Å². The minimum absolute atomic E-state index is 0.438. The largest absolute Gasteiger partial charge is 0.366 e. The zero-order valence-electron chi connectivity index (χ0n) is 13.2. The number of aromatic nitrogens is 5. The van der Waals surface area contributed by atoms with Gasteiger partial charge in [0.2, 0.25) is 5.91 Å². The topological polar surface area (TPSA) is 91.6 Å². The Bertz CT molecular complexity index is 1100. The molecule has 0 radical (unpaired) electrons. The van der Waals surface area contributed by atoms with E-state index in [0.717, 1.165) is 16.6 Å². The zero-order chi connectivity index (χ0) is 17.6. The lowest BCUT2D eigenvalue weighted by Gasteiger charge is -2.10. The van der Waals surface area contributed by atoms with Gasteiger partial charge < -0.3 is 10.3 Å². The maximum absolute atomic E-state index is 11.3. The normalized spacial score (nSPS) is 11.1. The highest BCUT2D eigenvalue weighted by Gasteiger charge is 2.22. The second-order valence-corrected chi connectivity index (χ2v) is 5.93. The van der Waals surface area contributed by atoms with Crippen molar-refractivity contribution in [1.82, 2.24) is 24.8 Å². The molecule has 0 aliphatic heterocycles. The number of carbonyl (C=O) groups excluding carboxylic acids is 1. The van der Waals surface area contributed by atoms with Crippen LogP contribution in [0.2, 0.25) is 5.02 Å². The Kier molecular flexibility index (Phi) is 3.51. The van der Waals surface area contributed by atoms with Crippen LogP contribution in [0.4, 0.5) is 0 Å². The minimum Gasteiger partial charge on any atom is -0.366 e. The van der Waals surface area contributed by atoms with Gasteiger partial charge in [-0.25, -0.2) is 4.68 Å². The van der Waals surface area contributed by atoms with Gasteiger partial charge in [-0.3, -0.25) is 4.79 Å². The number of primary amides is 1. The van der Waals surface area contributed by atoms with Crippen molar-refractivity contribution in [2.75, 3.05) is 0 Å². The number of hydrogen-bond acceptors (Lipinski definition) is 4. The van der Waals surface area contributed by atoms with Crippen molar-refractivity contribution in [1.29, 1.82) is 0 Å². The van der Waals surface area contributed by atoms with Crippen molar-refractivity contribution < 1.29 is 4.79 Å². The van der Waals surface area contributed by atoms with Crippen molar-refractivity contribution in [3.63, 3.8) is 0 Å². The first-order valence-electron chi connectivity index (χ1n) is 7.50. The van der Waals surface area contributed by atoms with Crippen molar-refractivity contribution >= 4 is 28.4 Å². The molecule has 8 heteroatoms. The Morgan fingerprint density at radius 1 is 1.12 bits per heavy atom. The molecule has 0 spiro atoms. The molecule has 2 aromatic carbocycles. The maximum atomic E-state index is 11.3. The molecule has 4 aromatic rings. The van der Waals surface area contributed by atoms with Gasteiger partial charge in [0.1, 0.15) is 5.69 Å². The van der Waals surface area contributed by atoms with Crippen LogP contribution in [0.15, 0.2) is 48.5 Å². The predicted octanol–water partition coefficient (Wildman–Crippen LogP) is 2.57. The molecule has 0 saturated carbocycles. The number of nitrogens with two attached hydrogens (primary N) is 1. The smallest absolute Gasteiger partial charge is 0.248 e. The first-order chi connectivity index (χ1) is 12.1. The molecule has 2 heterocycles. The molecule has 0 fully saturated rings. The SMILES string of the molecule is Cn1nnnc1-c1c(Cl)c2ccccc2n1-c1ccc(C(N)=O)cc1. The third kappa shape index (κ3) is 2.36. The van der Waals surface area contributed by atoms with Crippen molar-refractivity contribution in [2.45, 2.75) is 0 Å². The average Bonchev–Trinajstić information content (AvgIpc) is 3.16. The van der Waals surface area contributed by atoms with Crippen LogP contribution in [0, 0.1) is 0 Å². The summed E-state index contributed by atoms with van der Waals surface area (Å²) >= 11 is 6.65. The molecule has 0 aliphatic rings. The average molecular weight is 353 g/mol. The molecule has 2 N–H and O–H groups in total. The number of hydrogen-bond donors (Lipinski definition) is 1. The fraction of sp³-hybridized carbons (Fsp3) is 0.0588. The fourth-order valence-electron chi connectivity index (χ4n) is 2.87. The summed E-state index contributed by atoms with van der Waals surface area (Å²) in [7, 11) is 1.75. The van der Waals surface area contributed by atoms with E-state index in [1.54, 1.807) is 23.9 Å². The van der Waals surface area contributed by atoms with Gasteiger partial charge in [-0.15, -0.1) is 5.10 Å². The maximum Gasteiger partial charge on any atom is 0.248 e. The fourth-order valence-corrected chi connectivity index (χ4v) is 3.20. The number of aryl methyl sites for hydroxylation is 1. The van der Waals surface area contributed by atoms with Crippen LogP contribution in [0.25, 0.3) is 28.1 Å². The highest BCUT2D eigenvalue weighted by molar-refractivity contribution is 6.38. The molecule has 0 unspecified atom stereocenters. The van der Waals surface area contributed by atoms with Gasteiger partial charge in [0.15, 0.2) is 5.82 Å². The van der Waals surface area contributed by atoms with Gasteiger partial charge in [0.25, 0.3) is 0 Å².